The summed E-state index contributed by atoms with van der Waals surface area (Å²) in [5, 5.41) is 3.14. The van der Waals surface area contributed by atoms with Crippen LogP contribution in [0.4, 0.5) is 0 Å². The predicted molar refractivity (Wildman–Crippen MR) is 58.3 cm³/mol. The van der Waals surface area contributed by atoms with Gasteiger partial charge in [-0.3, -0.25) is 4.79 Å². The lowest BCUT2D eigenvalue weighted by Gasteiger charge is -2.15. The Labute approximate surface area is 89.7 Å². The van der Waals surface area contributed by atoms with Crippen molar-refractivity contribution >= 4 is 5.91 Å². The van der Waals surface area contributed by atoms with Gasteiger partial charge in [-0.05, 0) is 25.0 Å². The van der Waals surface area contributed by atoms with Crippen LogP contribution < -0.4 is 5.32 Å². The quantitative estimate of drug-likeness (QED) is 0.764. The minimum Gasteiger partial charge on any atom is -0.364 e. The van der Waals surface area contributed by atoms with E-state index in [1.165, 1.54) is 0 Å². The van der Waals surface area contributed by atoms with Gasteiger partial charge in [0.25, 0.3) is 0 Å². The third-order valence-corrected chi connectivity index (χ3v) is 2.71. The zero-order valence-electron chi connectivity index (χ0n) is 8.83. The molecule has 1 amide bonds. The molecule has 1 fully saturated rings. The summed E-state index contributed by atoms with van der Waals surface area (Å²) in [7, 11) is 0. The molecule has 2 rings (SSSR count). The monoisotopic (exact) mass is 207 g/mol. The number of hydrogen-bond acceptors (Lipinski definition) is 2. The van der Waals surface area contributed by atoms with E-state index in [1.807, 2.05) is 23.2 Å². The highest BCUT2D eigenvalue weighted by atomic mass is 16.2. The van der Waals surface area contributed by atoms with Gasteiger partial charge in [0.1, 0.15) is 0 Å². The summed E-state index contributed by atoms with van der Waals surface area (Å²) in [6.07, 6.45) is 4.20. The zero-order valence-corrected chi connectivity index (χ0v) is 8.83. The van der Waals surface area contributed by atoms with Crippen molar-refractivity contribution in [1.82, 2.24) is 15.2 Å². The zero-order chi connectivity index (χ0) is 10.5. The maximum Gasteiger partial charge on any atom is 0.236 e. The number of nitrogens with zero attached hydrogens (tertiary/aromatic N) is 1. The topological polar surface area (TPSA) is 48.1 Å². The van der Waals surface area contributed by atoms with Gasteiger partial charge in [0.05, 0.1) is 6.54 Å². The first-order valence-electron chi connectivity index (χ1n) is 5.47. The largest absolute Gasteiger partial charge is 0.364 e. The van der Waals surface area contributed by atoms with E-state index in [0.717, 1.165) is 38.2 Å². The van der Waals surface area contributed by atoms with Crippen molar-refractivity contribution in [1.29, 1.82) is 0 Å². The smallest absolute Gasteiger partial charge is 0.236 e. The fraction of sp³-hybridized carbons (Fsp3) is 0.545. The van der Waals surface area contributed by atoms with E-state index in [4.69, 9.17) is 0 Å². The maximum absolute atomic E-state index is 11.6. The summed E-state index contributed by atoms with van der Waals surface area (Å²) < 4.78 is 0. The fourth-order valence-electron chi connectivity index (χ4n) is 1.86. The Hall–Kier alpha value is -1.29. The van der Waals surface area contributed by atoms with E-state index in [0.29, 0.717) is 6.54 Å². The second kappa shape index (κ2) is 4.98. The van der Waals surface area contributed by atoms with Crippen molar-refractivity contribution in [2.24, 2.45) is 0 Å². The molecule has 0 unspecified atom stereocenters. The molecule has 1 saturated heterocycles. The van der Waals surface area contributed by atoms with Gasteiger partial charge in [-0.15, -0.1) is 0 Å². The number of carbonyl (C=O) groups excluding carboxylic acids is 1. The second-order valence-corrected chi connectivity index (χ2v) is 3.89. The molecule has 4 nitrogen and oxygen atoms in total. The molecule has 2 heterocycles. The van der Waals surface area contributed by atoms with Crippen LogP contribution in [-0.4, -0.2) is 35.4 Å². The highest BCUT2D eigenvalue weighted by Crippen LogP contribution is 2.06. The molecular formula is C11H17N3O. The van der Waals surface area contributed by atoms with Crippen molar-refractivity contribution in [3.8, 4) is 0 Å². The Bertz CT molecular complexity index is 302. The Morgan fingerprint density at radius 1 is 1.47 bits per heavy atom. The molecule has 1 aromatic rings. The van der Waals surface area contributed by atoms with Gasteiger partial charge in [0.15, 0.2) is 0 Å². The molecule has 0 saturated carbocycles. The molecule has 0 aliphatic carbocycles. The van der Waals surface area contributed by atoms with Crippen molar-refractivity contribution in [3.05, 3.63) is 24.0 Å². The van der Waals surface area contributed by atoms with E-state index in [9.17, 15) is 4.79 Å². The van der Waals surface area contributed by atoms with E-state index < -0.39 is 0 Å². The fourth-order valence-corrected chi connectivity index (χ4v) is 1.86. The van der Waals surface area contributed by atoms with Gasteiger partial charge in [0, 0.05) is 31.5 Å². The van der Waals surface area contributed by atoms with Crippen molar-refractivity contribution in [3.63, 3.8) is 0 Å². The highest BCUT2D eigenvalue weighted by Gasteiger charge is 2.16. The SMILES string of the molecule is O=C(CNCc1ccc[nH]1)N1CCCC1. The average molecular weight is 207 g/mol. The standard InChI is InChI=1S/C11H17N3O/c15-11(14-6-1-2-7-14)9-12-8-10-4-3-5-13-10/h3-5,12-13H,1-2,6-9H2. The summed E-state index contributed by atoms with van der Waals surface area (Å²) >= 11 is 0. The molecule has 82 valence electrons. The number of amides is 1. The minimum absolute atomic E-state index is 0.221. The predicted octanol–water partition coefficient (Wildman–Crippen LogP) is 0.727. The molecule has 0 atom stereocenters. The Morgan fingerprint density at radius 2 is 2.27 bits per heavy atom. The molecule has 4 heteroatoms. The van der Waals surface area contributed by atoms with Gasteiger partial charge >= 0.3 is 0 Å². The summed E-state index contributed by atoms with van der Waals surface area (Å²) in [6, 6.07) is 3.96. The van der Waals surface area contributed by atoms with Gasteiger partial charge in [-0.25, -0.2) is 0 Å². The number of rotatable bonds is 4. The average Bonchev–Trinajstić information content (AvgIpc) is 2.90. The van der Waals surface area contributed by atoms with Crippen LogP contribution in [0.15, 0.2) is 18.3 Å². The van der Waals surface area contributed by atoms with Crippen molar-refractivity contribution < 1.29 is 4.79 Å². The number of carbonyl (C=O) groups is 1. The van der Waals surface area contributed by atoms with E-state index in [1.54, 1.807) is 0 Å². The highest BCUT2D eigenvalue weighted by molar-refractivity contribution is 5.78. The number of hydrogen-bond donors (Lipinski definition) is 2. The molecule has 0 radical (unpaired) electrons. The number of H-pyrrole nitrogens is 1. The molecule has 2 N–H and O–H groups in total. The number of likely N-dealkylation sites (tertiary alicyclic amines) is 1. The van der Waals surface area contributed by atoms with Crippen molar-refractivity contribution in [2.45, 2.75) is 19.4 Å². The summed E-state index contributed by atoms with van der Waals surface area (Å²) in [5.74, 6) is 0.221. The first-order valence-corrected chi connectivity index (χ1v) is 5.47. The van der Waals surface area contributed by atoms with Gasteiger partial charge in [-0.1, -0.05) is 0 Å². The Kier molecular flexibility index (Phi) is 3.40. The van der Waals surface area contributed by atoms with Crippen LogP contribution in [0.3, 0.4) is 0 Å². The first-order chi connectivity index (χ1) is 7.36. The lowest BCUT2D eigenvalue weighted by Crippen LogP contribution is -2.36. The Morgan fingerprint density at radius 3 is 2.93 bits per heavy atom. The van der Waals surface area contributed by atoms with Gasteiger partial charge in [-0.2, -0.15) is 0 Å². The third-order valence-electron chi connectivity index (χ3n) is 2.71. The second-order valence-electron chi connectivity index (χ2n) is 3.89. The van der Waals surface area contributed by atoms with E-state index in [2.05, 4.69) is 10.3 Å². The van der Waals surface area contributed by atoms with Crippen LogP contribution >= 0.6 is 0 Å². The lowest BCUT2D eigenvalue weighted by atomic mass is 10.4. The third kappa shape index (κ3) is 2.83. The molecule has 0 aromatic carbocycles. The number of nitrogens with one attached hydrogen (secondary N) is 2. The van der Waals surface area contributed by atoms with Crippen LogP contribution in [-0.2, 0) is 11.3 Å². The summed E-state index contributed by atoms with van der Waals surface area (Å²) in [6.45, 7) is 3.04. The number of aromatic nitrogens is 1. The molecule has 1 aromatic heterocycles. The Balaban J connectivity index is 1.67. The summed E-state index contributed by atoms with van der Waals surface area (Å²) in [5.41, 5.74) is 1.12. The molecule has 0 bridgehead atoms. The van der Waals surface area contributed by atoms with Crippen LogP contribution in [0.5, 0.6) is 0 Å². The first kappa shape index (κ1) is 10.2. The van der Waals surface area contributed by atoms with Crippen LogP contribution in [0, 0.1) is 0 Å². The van der Waals surface area contributed by atoms with Crippen LogP contribution in [0.25, 0.3) is 0 Å². The van der Waals surface area contributed by atoms with E-state index in [-0.39, 0.29) is 5.91 Å². The van der Waals surface area contributed by atoms with Crippen LogP contribution in [0.1, 0.15) is 18.5 Å². The lowest BCUT2D eigenvalue weighted by molar-refractivity contribution is -0.129. The maximum atomic E-state index is 11.6. The molecule has 15 heavy (non-hydrogen) atoms. The minimum atomic E-state index is 0.221. The summed E-state index contributed by atoms with van der Waals surface area (Å²) in [4.78, 5) is 16.7. The molecule has 1 aliphatic rings. The van der Waals surface area contributed by atoms with E-state index >= 15 is 0 Å². The molecular weight excluding hydrogens is 190 g/mol. The van der Waals surface area contributed by atoms with Crippen molar-refractivity contribution in [2.75, 3.05) is 19.6 Å². The molecule has 1 aliphatic heterocycles. The van der Waals surface area contributed by atoms with Crippen LogP contribution in [0.2, 0.25) is 0 Å². The normalized spacial score (nSPS) is 15.9. The van der Waals surface area contributed by atoms with Gasteiger partial charge < -0.3 is 15.2 Å². The van der Waals surface area contributed by atoms with Gasteiger partial charge in [0.2, 0.25) is 5.91 Å². The molecule has 0 spiro atoms. The number of aromatic amines is 1.